The summed E-state index contributed by atoms with van der Waals surface area (Å²) in [5.74, 6) is -7.75. The summed E-state index contributed by atoms with van der Waals surface area (Å²) in [6.45, 7) is 1.93. The van der Waals surface area contributed by atoms with Crippen LogP contribution in [0.25, 0.3) is 0 Å². The molecule has 3 aromatic rings. The fourth-order valence-electron chi connectivity index (χ4n) is 7.87. The molecular formula is C34H28BCl2FN2O8. The van der Waals surface area contributed by atoms with E-state index in [1.807, 2.05) is 0 Å². The molecule has 2 aliphatic heterocycles. The lowest BCUT2D eigenvalue weighted by atomic mass is 9.56. The Hall–Kier alpha value is -4.23. The number of halogens is 3. The summed E-state index contributed by atoms with van der Waals surface area (Å²) in [4.78, 5) is 54.4. The van der Waals surface area contributed by atoms with Crippen molar-refractivity contribution in [1.29, 1.82) is 0 Å². The molecule has 4 amide bonds. The number of nitrogens with zero attached hydrogens (tertiary/aromatic N) is 2. The number of phenolic OH excluding ortho intramolecular Hbond substituents is 1. The molecule has 14 heteroatoms. The average Bonchev–Trinajstić information content (AvgIpc) is 3.40. The molecule has 0 unspecified atom stereocenters. The number of para-hydroxylation sites is 1. The van der Waals surface area contributed by atoms with Crippen LogP contribution in [0.4, 0.5) is 15.8 Å². The van der Waals surface area contributed by atoms with Gasteiger partial charge in [0.15, 0.2) is 21.2 Å². The third kappa shape index (κ3) is 4.39. The predicted molar refractivity (Wildman–Crippen MR) is 175 cm³/mol. The van der Waals surface area contributed by atoms with Crippen LogP contribution in [-0.4, -0.2) is 62.3 Å². The summed E-state index contributed by atoms with van der Waals surface area (Å²) in [7, 11) is -1.84. The summed E-state index contributed by atoms with van der Waals surface area (Å²) in [6.07, 6.45) is 1.50. The van der Waals surface area contributed by atoms with Gasteiger partial charge in [0.25, 0.3) is 11.8 Å². The second-order valence-electron chi connectivity index (χ2n) is 12.4. The Morgan fingerprint density at radius 2 is 1.62 bits per heavy atom. The van der Waals surface area contributed by atoms with Gasteiger partial charge in [-0.2, -0.15) is 0 Å². The molecule has 10 nitrogen and oxygen atoms in total. The van der Waals surface area contributed by atoms with Crippen LogP contribution in [0.1, 0.15) is 31.2 Å². The van der Waals surface area contributed by atoms with E-state index in [9.17, 15) is 38.7 Å². The van der Waals surface area contributed by atoms with Crippen LogP contribution in [0, 0.1) is 23.6 Å². The maximum Gasteiger partial charge on any atom is 0.488 e. The van der Waals surface area contributed by atoms with Gasteiger partial charge in [-0.05, 0) is 73.6 Å². The van der Waals surface area contributed by atoms with Gasteiger partial charge in [-0.15, -0.1) is 23.2 Å². The predicted octanol–water partition coefficient (Wildman–Crippen LogP) is 3.38. The highest BCUT2D eigenvalue weighted by atomic mass is 35.5. The van der Waals surface area contributed by atoms with Gasteiger partial charge in [-0.25, -0.2) is 9.29 Å². The summed E-state index contributed by atoms with van der Waals surface area (Å²) in [6, 6.07) is 15.1. The minimum atomic E-state index is -2.23. The Kier molecular flexibility index (Phi) is 7.71. The van der Waals surface area contributed by atoms with E-state index in [1.54, 1.807) is 19.1 Å². The van der Waals surface area contributed by atoms with E-state index in [2.05, 4.69) is 0 Å². The fourth-order valence-corrected chi connectivity index (χ4v) is 8.79. The topological polar surface area (TPSA) is 145 Å². The molecule has 3 N–H and O–H groups in total. The number of imide groups is 2. The number of aromatic hydroxyl groups is 1. The highest BCUT2D eigenvalue weighted by Gasteiger charge is 2.77. The van der Waals surface area contributed by atoms with Crippen LogP contribution in [0.15, 0.2) is 78.4 Å². The van der Waals surface area contributed by atoms with Crippen LogP contribution in [-0.2, 0) is 19.2 Å². The van der Waals surface area contributed by atoms with Crippen molar-refractivity contribution < 1.29 is 43.5 Å². The van der Waals surface area contributed by atoms with Crippen molar-refractivity contribution in [3.8, 4) is 11.5 Å². The monoisotopic (exact) mass is 692 g/mol. The fraction of sp³-hybridized carbons (Fsp3) is 0.294. The number of allylic oxidation sites excluding steroid dienone is 2. The lowest BCUT2D eigenvalue weighted by Gasteiger charge is -2.50. The van der Waals surface area contributed by atoms with E-state index in [4.69, 9.17) is 27.9 Å². The van der Waals surface area contributed by atoms with E-state index < -0.39 is 70.0 Å². The van der Waals surface area contributed by atoms with E-state index in [0.29, 0.717) is 5.57 Å². The number of alkyl halides is 2. The molecule has 2 heterocycles. The van der Waals surface area contributed by atoms with Gasteiger partial charge in [-0.3, -0.25) is 24.1 Å². The minimum Gasteiger partial charge on any atom is -0.504 e. The lowest BCUT2D eigenvalue weighted by molar-refractivity contribution is -0.125. The molecule has 48 heavy (non-hydrogen) atoms. The Balaban J connectivity index is 1.40. The van der Waals surface area contributed by atoms with Crippen molar-refractivity contribution in [3.05, 3.63) is 89.8 Å². The van der Waals surface area contributed by atoms with Gasteiger partial charge in [0, 0.05) is 11.5 Å². The van der Waals surface area contributed by atoms with Gasteiger partial charge in [0.2, 0.25) is 11.8 Å². The molecule has 1 saturated carbocycles. The van der Waals surface area contributed by atoms with Crippen molar-refractivity contribution in [3.63, 3.8) is 0 Å². The van der Waals surface area contributed by atoms with Gasteiger partial charge in [0.1, 0.15) is 5.82 Å². The third-order valence-electron chi connectivity index (χ3n) is 9.96. The number of carbonyl (C=O) groups is 4. The number of ether oxygens (including phenoxy) is 1. The first kappa shape index (κ1) is 32.3. The highest BCUT2D eigenvalue weighted by molar-refractivity contribution is 6.59. The van der Waals surface area contributed by atoms with Crippen LogP contribution >= 0.6 is 23.2 Å². The van der Waals surface area contributed by atoms with Crippen molar-refractivity contribution >= 4 is 70.8 Å². The molecule has 3 fully saturated rings. The normalized spacial score (nSPS) is 29.4. The Labute approximate surface area is 284 Å². The number of fused-ring (bicyclic) bond motifs is 4. The largest absolute Gasteiger partial charge is 0.504 e. The van der Waals surface area contributed by atoms with E-state index in [-0.39, 0.29) is 53.3 Å². The molecule has 0 aromatic heterocycles. The van der Waals surface area contributed by atoms with Gasteiger partial charge >= 0.3 is 7.12 Å². The zero-order chi connectivity index (χ0) is 34.3. The van der Waals surface area contributed by atoms with E-state index in [0.717, 1.165) is 21.9 Å². The summed E-state index contributed by atoms with van der Waals surface area (Å²) in [5, 5.41) is 31.0. The van der Waals surface area contributed by atoms with Crippen LogP contribution in [0.3, 0.4) is 0 Å². The molecule has 246 valence electrons. The highest BCUT2D eigenvalue weighted by Crippen LogP contribution is 2.66. The molecule has 0 radical (unpaired) electrons. The second-order valence-corrected chi connectivity index (χ2v) is 13.6. The van der Waals surface area contributed by atoms with Crippen LogP contribution in [0.2, 0.25) is 0 Å². The number of benzene rings is 3. The Morgan fingerprint density at radius 1 is 0.917 bits per heavy atom. The summed E-state index contributed by atoms with van der Waals surface area (Å²) in [5.41, 5.74) is 0.840. The quantitative estimate of drug-likeness (QED) is 0.154. The van der Waals surface area contributed by atoms with Crippen molar-refractivity contribution in [2.24, 2.45) is 17.8 Å². The first-order chi connectivity index (χ1) is 22.8. The molecule has 2 saturated heterocycles. The van der Waals surface area contributed by atoms with Gasteiger partial charge < -0.3 is 19.9 Å². The first-order valence-electron chi connectivity index (χ1n) is 15.4. The number of hydrogen-bond acceptors (Lipinski definition) is 8. The standard InChI is InChI=1S/C34H28BCl2FN2O8/c1-2-48-25-8-4-7-23(28(25)41)27-21-13-14-22-26(30(43)39(29(22)42)20-6-3-5-17(15-20)35(46)47)24(21)16-33(36)31(44)40(32(45)34(27,33)37)19-11-9-18(38)10-12-19/h3-13,15,22,24,26-27,41,46-47H,2,14,16H2,1H3/t22-,24+,26-,27+,33+,34-/m0/s1. The first-order valence-corrected chi connectivity index (χ1v) is 16.1. The number of amides is 4. The number of anilines is 2. The van der Waals surface area contributed by atoms with Crippen LogP contribution < -0.4 is 20.0 Å². The SMILES string of the molecule is CCOc1cccc([C@H]2C3=CC[C@@H]4C(=O)N(c5cccc(B(O)O)c5)C(=O)[C@@H]4[C@@H]3C[C@@]3(Cl)C(=O)N(c4ccc(F)cc4)C(=O)[C@@]23Cl)c1O. The maximum atomic E-state index is 14.5. The summed E-state index contributed by atoms with van der Waals surface area (Å²) >= 11 is 14.7. The number of hydrogen-bond donors (Lipinski definition) is 3. The number of phenols is 1. The minimum absolute atomic E-state index is 0.0333. The molecule has 0 bridgehead atoms. The van der Waals surface area contributed by atoms with Crippen molar-refractivity contribution in [2.45, 2.75) is 35.4 Å². The lowest BCUT2D eigenvalue weighted by Crippen LogP contribution is -2.60. The maximum absolute atomic E-state index is 14.5. The van der Waals surface area contributed by atoms with E-state index in [1.165, 1.54) is 48.5 Å². The molecule has 4 aliphatic rings. The van der Waals surface area contributed by atoms with Crippen molar-refractivity contribution in [1.82, 2.24) is 0 Å². The molecule has 0 spiro atoms. The molecular weight excluding hydrogens is 665 g/mol. The Morgan fingerprint density at radius 3 is 2.31 bits per heavy atom. The molecule has 2 aliphatic carbocycles. The van der Waals surface area contributed by atoms with Crippen molar-refractivity contribution in [2.75, 3.05) is 16.4 Å². The van der Waals surface area contributed by atoms with E-state index >= 15 is 0 Å². The molecule has 6 atom stereocenters. The summed E-state index contributed by atoms with van der Waals surface area (Å²) < 4.78 is 19.5. The zero-order valence-corrected chi connectivity index (χ0v) is 26.9. The zero-order valence-electron chi connectivity index (χ0n) is 25.3. The van der Waals surface area contributed by atoms with Crippen LogP contribution in [0.5, 0.6) is 11.5 Å². The Bertz CT molecular complexity index is 1920. The average molecular weight is 693 g/mol. The molecule has 3 aromatic carbocycles. The number of rotatable bonds is 6. The number of carbonyl (C=O) groups excluding carboxylic acids is 4. The third-order valence-corrected chi connectivity index (χ3v) is 11.4. The second kappa shape index (κ2) is 11.4. The molecule has 7 rings (SSSR count). The van der Waals surface area contributed by atoms with Gasteiger partial charge in [0.05, 0.1) is 29.8 Å². The van der Waals surface area contributed by atoms with Gasteiger partial charge in [-0.1, -0.05) is 35.9 Å². The smallest absolute Gasteiger partial charge is 0.488 e.